The second-order valence-corrected chi connectivity index (χ2v) is 6.83. The van der Waals surface area contributed by atoms with Gasteiger partial charge in [0.25, 0.3) is 5.97 Å². The van der Waals surface area contributed by atoms with E-state index in [4.69, 9.17) is 9.90 Å². The van der Waals surface area contributed by atoms with Crippen LogP contribution in [-0.4, -0.2) is 55.7 Å². The number of hydrogen-bond acceptors (Lipinski definition) is 4. The van der Waals surface area contributed by atoms with Crippen LogP contribution in [0.1, 0.15) is 26.2 Å². The van der Waals surface area contributed by atoms with Gasteiger partial charge in [0.15, 0.2) is 0 Å². The van der Waals surface area contributed by atoms with Crippen molar-refractivity contribution in [3.63, 3.8) is 0 Å². The molecule has 2 aliphatic rings. The van der Waals surface area contributed by atoms with Crippen LogP contribution < -0.4 is 5.32 Å². The van der Waals surface area contributed by atoms with Crippen molar-refractivity contribution in [1.82, 2.24) is 9.62 Å². The maximum absolute atomic E-state index is 11.5. The van der Waals surface area contributed by atoms with Crippen molar-refractivity contribution in [2.24, 2.45) is 5.92 Å². The molecule has 0 spiro atoms. The third-order valence-corrected chi connectivity index (χ3v) is 5.05. The van der Waals surface area contributed by atoms with Crippen LogP contribution in [0, 0.1) is 5.92 Å². The van der Waals surface area contributed by atoms with Gasteiger partial charge < -0.3 is 10.4 Å². The Hall–Kier alpha value is -0.660. The summed E-state index contributed by atoms with van der Waals surface area (Å²) in [6.45, 7) is 4.66. The highest BCUT2D eigenvalue weighted by Gasteiger charge is 2.30. The van der Waals surface area contributed by atoms with E-state index in [1.165, 1.54) is 0 Å². The number of carboxylic acids is 1. The van der Waals surface area contributed by atoms with Gasteiger partial charge in [0, 0.05) is 20.0 Å². The normalized spacial score (nSPS) is 24.3. The fourth-order valence-corrected chi connectivity index (χ4v) is 3.85. The maximum atomic E-state index is 11.5. The molecule has 0 aromatic heterocycles. The van der Waals surface area contributed by atoms with Crippen molar-refractivity contribution in [2.75, 3.05) is 31.9 Å². The summed E-state index contributed by atoms with van der Waals surface area (Å²) in [7, 11) is -2.87. The topological polar surface area (TPSA) is 86.7 Å². The lowest BCUT2D eigenvalue weighted by Crippen LogP contribution is -2.36. The van der Waals surface area contributed by atoms with Crippen molar-refractivity contribution in [1.29, 1.82) is 0 Å². The van der Waals surface area contributed by atoms with Gasteiger partial charge in [0.2, 0.25) is 10.0 Å². The highest BCUT2D eigenvalue weighted by Crippen LogP contribution is 2.19. The van der Waals surface area contributed by atoms with Gasteiger partial charge in [-0.25, -0.2) is 12.7 Å². The zero-order chi connectivity index (χ0) is 13.6. The lowest BCUT2D eigenvalue weighted by atomic mass is 9.98. The molecular weight excluding hydrogens is 256 g/mol. The van der Waals surface area contributed by atoms with Crippen LogP contribution in [0.5, 0.6) is 0 Å². The van der Waals surface area contributed by atoms with E-state index in [0.717, 1.165) is 52.4 Å². The van der Waals surface area contributed by atoms with Crippen LogP contribution in [0.4, 0.5) is 0 Å². The molecule has 0 saturated carbocycles. The third-order valence-electron chi connectivity index (χ3n) is 3.12. The predicted octanol–water partition coefficient (Wildman–Crippen LogP) is 0.112. The number of rotatable bonds is 2. The van der Waals surface area contributed by atoms with Crippen LogP contribution in [0.25, 0.3) is 0 Å². The van der Waals surface area contributed by atoms with Crippen molar-refractivity contribution >= 4 is 16.0 Å². The SMILES string of the molecule is CC(=O)O.O=S1(=O)CCCN1CC1CCNCC1. The van der Waals surface area contributed by atoms with E-state index in [9.17, 15) is 8.42 Å². The molecule has 2 heterocycles. The fourth-order valence-electron chi connectivity index (χ4n) is 2.25. The molecule has 6 nitrogen and oxygen atoms in total. The Morgan fingerprint density at radius 1 is 1.39 bits per heavy atom. The van der Waals surface area contributed by atoms with Gasteiger partial charge in [-0.3, -0.25) is 4.79 Å². The smallest absolute Gasteiger partial charge is 0.300 e. The highest BCUT2D eigenvalue weighted by atomic mass is 32.2. The molecule has 0 aromatic rings. The molecule has 0 aromatic carbocycles. The van der Waals surface area contributed by atoms with Crippen LogP contribution >= 0.6 is 0 Å². The molecule has 18 heavy (non-hydrogen) atoms. The first-order chi connectivity index (χ1) is 8.42. The van der Waals surface area contributed by atoms with E-state index in [1.807, 2.05) is 0 Å². The molecule has 106 valence electrons. The minimum absolute atomic E-state index is 0.359. The Morgan fingerprint density at radius 2 is 1.94 bits per heavy atom. The Balaban J connectivity index is 0.000000357. The second kappa shape index (κ2) is 7.06. The van der Waals surface area contributed by atoms with Crippen molar-refractivity contribution in [3.8, 4) is 0 Å². The summed E-state index contributed by atoms with van der Waals surface area (Å²) < 4.78 is 24.8. The summed E-state index contributed by atoms with van der Waals surface area (Å²) in [4.78, 5) is 9.00. The van der Waals surface area contributed by atoms with Gasteiger partial charge in [-0.2, -0.15) is 0 Å². The minimum Gasteiger partial charge on any atom is -0.481 e. The molecule has 2 rings (SSSR count). The lowest BCUT2D eigenvalue weighted by Gasteiger charge is -2.26. The van der Waals surface area contributed by atoms with E-state index in [-0.39, 0.29) is 0 Å². The molecule has 2 aliphatic heterocycles. The third kappa shape index (κ3) is 5.32. The number of piperidine rings is 1. The summed E-state index contributed by atoms with van der Waals surface area (Å²) in [5, 5.41) is 10.7. The Labute approximate surface area is 108 Å². The quantitative estimate of drug-likeness (QED) is 0.749. The van der Waals surface area contributed by atoms with Gasteiger partial charge in [0.1, 0.15) is 0 Å². The fraction of sp³-hybridized carbons (Fsp3) is 0.909. The van der Waals surface area contributed by atoms with E-state index in [1.54, 1.807) is 4.31 Å². The van der Waals surface area contributed by atoms with Gasteiger partial charge in [-0.1, -0.05) is 0 Å². The minimum atomic E-state index is -2.87. The predicted molar refractivity (Wildman–Crippen MR) is 68.9 cm³/mol. The highest BCUT2D eigenvalue weighted by molar-refractivity contribution is 7.89. The Kier molecular flexibility index (Phi) is 6.04. The molecular formula is C11H22N2O4S. The van der Waals surface area contributed by atoms with Gasteiger partial charge >= 0.3 is 0 Å². The molecule has 7 heteroatoms. The number of hydrogen-bond donors (Lipinski definition) is 2. The van der Waals surface area contributed by atoms with Crippen LogP contribution in [-0.2, 0) is 14.8 Å². The number of nitrogens with zero attached hydrogens (tertiary/aromatic N) is 1. The second-order valence-electron chi connectivity index (χ2n) is 4.74. The average molecular weight is 278 g/mol. The number of carbonyl (C=O) groups is 1. The Morgan fingerprint density at radius 3 is 2.39 bits per heavy atom. The molecule has 0 amide bonds. The zero-order valence-electron chi connectivity index (χ0n) is 10.8. The standard InChI is InChI=1S/C9H18N2O2S.C2H4O2/c12-14(13)7-1-6-11(14)8-9-2-4-10-5-3-9;1-2(3)4/h9-10H,1-8H2;1H3,(H,3,4). The first-order valence-corrected chi connectivity index (χ1v) is 7.91. The monoisotopic (exact) mass is 278 g/mol. The Bertz CT molecular complexity index is 359. The molecule has 0 radical (unpaired) electrons. The van der Waals surface area contributed by atoms with E-state index < -0.39 is 16.0 Å². The molecule has 0 atom stereocenters. The molecule has 2 fully saturated rings. The lowest BCUT2D eigenvalue weighted by molar-refractivity contribution is -0.134. The summed E-state index contributed by atoms with van der Waals surface area (Å²) in [6.07, 6.45) is 3.05. The van der Waals surface area contributed by atoms with Crippen LogP contribution in [0.3, 0.4) is 0 Å². The number of aliphatic carboxylic acids is 1. The summed E-state index contributed by atoms with van der Waals surface area (Å²) in [5.41, 5.74) is 0. The van der Waals surface area contributed by atoms with Crippen LogP contribution in [0.2, 0.25) is 0 Å². The van der Waals surface area contributed by atoms with Crippen molar-refractivity contribution in [2.45, 2.75) is 26.2 Å². The molecule has 0 bridgehead atoms. The zero-order valence-corrected chi connectivity index (χ0v) is 11.6. The molecule has 0 unspecified atom stereocenters. The van der Waals surface area contributed by atoms with Crippen molar-refractivity contribution < 1.29 is 18.3 Å². The van der Waals surface area contributed by atoms with Gasteiger partial charge in [-0.05, 0) is 38.3 Å². The van der Waals surface area contributed by atoms with Crippen molar-refractivity contribution in [3.05, 3.63) is 0 Å². The van der Waals surface area contributed by atoms with Gasteiger partial charge in [0.05, 0.1) is 5.75 Å². The number of carboxylic acid groups (broad SMARTS) is 1. The van der Waals surface area contributed by atoms with E-state index in [0.29, 0.717) is 11.7 Å². The first kappa shape index (κ1) is 15.4. The number of nitrogens with one attached hydrogen (secondary N) is 1. The first-order valence-electron chi connectivity index (χ1n) is 6.30. The molecule has 2 N–H and O–H groups in total. The largest absolute Gasteiger partial charge is 0.481 e. The molecule has 0 aliphatic carbocycles. The summed E-state index contributed by atoms with van der Waals surface area (Å²) >= 11 is 0. The summed E-state index contributed by atoms with van der Waals surface area (Å²) in [6, 6.07) is 0. The molecule has 2 saturated heterocycles. The van der Waals surface area contributed by atoms with E-state index >= 15 is 0 Å². The summed E-state index contributed by atoms with van der Waals surface area (Å²) in [5.74, 6) is 0.0990. The van der Waals surface area contributed by atoms with Crippen LogP contribution in [0.15, 0.2) is 0 Å². The average Bonchev–Trinajstić information content (AvgIpc) is 2.59. The number of sulfonamides is 1. The van der Waals surface area contributed by atoms with E-state index in [2.05, 4.69) is 5.32 Å². The van der Waals surface area contributed by atoms with Gasteiger partial charge in [-0.15, -0.1) is 0 Å². The maximum Gasteiger partial charge on any atom is 0.300 e.